The molecule has 24 heavy (non-hydrogen) atoms. The smallest absolute Gasteiger partial charge is 0.325 e. The van der Waals surface area contributed by atoms with Gasteiger partial charge in [-0.15, -0.1) is 0 Å². The molecule has 1 aromatic carbocycles. The first-order valence-corrected chi connectivity index (χ1v) is 8.28. The van der Waals surface area contributed by atoms with Gasteiger partial charge in [0.1, 0.15) is 5.56 Å². The number of carbonyl (C=O) groups excluding carboxylic acids is 1. The van der Waals surface area contributed by atoms with Gasteiger partial charge in [0.05, 0.1) is 0 Å². The van der Waals surface area contributed by atoms with E-state index in [0.29, 0.717) is 19.0 Å². The summed E-state index contributed by atoms with van der Waals surface area (Å²) in [5.74, 6) is 0.289. The van der Waals surface area contributed by atoms with Crippen LogP contribution in [-0.4, -0.2) is 33.9 Å². The van der Waals surface area contributed by atoms with Crippen LogP contribution >= 0.6 is 0 Å². The molecule has 1 amide bonds. The summed E-state index contributed by atoms with van der Waals surface area (Å²) >= 11 is 0. The second-order valence-corrected chi connectivity index (χ2v) is 6.25. The number of hydrogen-bond acceptors (Lipinski definition) is 3. The van der Waals surface area contributed by atoms with Crippen molar-refractivity contribution in [1.29, 1.82) is 0 Å². The van der Waals surface area contributed by atoms with Crippen LogP contribution in [0.1, 0.15) is 35.2 Å². The fraction of sp³-hybridized carbons (Fsp3) is 0.389. The lowest BCUT2D eigenvalue weighted by molar-refractivity contribution is 0.0684. The molecule has 3 rings (SSSR count). The molecule has 0 atom stereocenters. The SMILES string of the molecule is O=C(c1c[nH]c(=O)[nH]c1=O)N1CCC(CCc2ccccc2)CC1. The van der Waals surface area contributed by atoms with Crippen LogP contribution in [0.3, 0.4) is 0 Å². The normalized spacial score (nSPS) is 15.4. The van der Waals surface area contributed by atoms with Crippen LogP contribution in [0.15, 0.2) is 46.1 Å². The largest absolute Gasteiger partial charge is 0.338 e. The Hall–Kier alpha value is -2.63. The first-order chi connectivity index (χ1) is 11.6. The van der Waals surface area contributed by atoms with E-state index in [2.05, 4.69) is 34.2 Å². The molecule has 1 aliphatic heterocycles. The van der Waals surface area contributed by atoms with Crippen molar-refractivity contribution in [3.8, 4) is 0 Å². The van der Waals surface area contributed by atoms with Crippen LogP contribution in [0.4, 0.5) is 0 Å². The number of aromatic nitrogens is 2. The minimum atomic E-state index is -0.630. The number of H-pyrrole nitrogens is 2. The molecule has 0 spiro atoms. The van der Waals surface area contributed by atoms with E-state index in [9.17, 15) is 14.4 Å². The number of aryl methyl sites for hydroxylation is 1. The van der Waals surface area contributed by atoms with Crippen molar-refractivity contribution in [3.63, 3.8) is 0 Å². The number of hydrogen-bond donors (Lipinski definition) is 2. The van der Waals surface area contributed by atoms with E-state index in [0.717, 1.165) is 25.7 Å². The minimum absolute atomic E-state index is 0.00247. The first kappa shape index (κ1) is 16.2. The summed E-state index contributed by atoms with van der Waals surface area (Å²) in [5.41, 5.74) is 0.110. The maximum Gasteiger partial charge on any atom is 0.325 e. The molecular weight excluding hydrogens is 306 g/mol. The fourth-order valence-electron chi connectivity index (χ4n) is 3.18. The zero-order valence-electron chi connectivity index (χ0n) is 13.5. The Balaban J connectivity index is 1.54. The number of benzene rings is 1. The Labute approximate surface area is 139 Å². The highest BCUT2D eigenvalue weighted by atomic mass is 16.2. The summed E-state index contributed by atoms with van der Waals surface area (Å²) in [4.78, 5) is 41.3. The number of carbonyl (C=O) groups is 1. The zero-order chi connectivity index (χ0) is 16.9. The van der Waals surface area contributed by atoms with E-state index >= 15 is 0 Å². The van der Waals surface area contributed by atoms with Gasteiger partial charge in [0, 0.05) is 19.3 Å². The fourth-order valence-corrected chi connectivity index (χ4v) is 3.18. The van der Waals surface area contributed by atoms with Crippen molar-refractivity contribution in [1.82, 2.24) is 14.9 Å². The van der Waals surface area contributed by atoms with Crippen LogP contribution < -0.4 is 11.2 Å². The van der Waals surface area contributed by atoms with Gasteiger partial charge in [0.15, 0.2) is 0 Å². The summed E-state index contributed by atoms with van der Waals surface area (Å²) < 4.78 is 0. The Bertz CT molecular complexity index is 802. The molecule has 0 aliphatic carbocycles. The number of rotatable bonds is 4. The predicted octanol–water partition coefficient (Wildman–Crippen LogP) is 1.55. The van der Waals surface area contributed by atoms with E-state index in [1.165, 1.54) is 11.8 Å². The molecule has 1 aromatic heterocycles. The maximum absolute atomic E-state index is 12.4. The third kappa shape index (κ3) is 3.82. The quantitative estimate of drug-likeness (QED) is 0.893. The van der Waals surface area contributed by atoms with Crippen molar-refractivity contribution < 1.29 is 4.79 Å². The molecule has 0 unspecified atom stereocenters. The van der Waals surface area contributed by atoms with Gasteiger partial charge < -0.3 is 9.88 Å². The Morgan fingerprint density at radius 3 is 2.50 bits per heavy atom. The predicted molar refractivity (Wildman–Crippen MR) is 91.1 cm³/mol. The highest BCUT2D eigenvalue weighted by Crippen LogP contribution is 2.23. The Morgan fingerprint density at radius 2 is 1.83 bits per heavy atom. The third-order valence-corrected chi connectivity index (χ3v) is 4.64. The topological polar surface area (TPSA) is 86.0 Å². The van der Waals surface area contributed by atoms with Crippen LogP contribution in [0.2, 0.25) is 0 Å². The van der Waals surface area contributed by atoms with Crippen LogP contribution in [-0.2, 0) is 6.42 Å². The summed E-state index contributed by atoms with van der Waals surface area (Å²) in [7, 11) is 0. The Kier molecular flexibility index (Phi) is 4.93. The molecular formula is C18H21N3O3. The number of piperidine rings is 1. The van der Waals surface area contributed by atoms with E-state index in [1.807, 2.05) is 6.07 Å². The molecule has 0 saturated carbocycles. The standard InChI is InChI=1S/C18H21N3O3/c22-16-15(12-19-18(24)20-16)17(23)21-10-8-14(9-11-21)7-6-13-4-2-1-3-5-13/h1-5,12,14H,6-11H2,(H2,19,20,22,24). The van der Waals surface area contributed by atoms with Crippen LogP contribution in [0, 0.1) is 5.92 Å². The molecule has 6 heteroatoms. The molecule has 126 valence electrons. The van der Waals surface area contributed by atoms with E-state index < -0.39 is 11.2 Å². The van der Waals surface area contributed by atoms with Crippen molar-refractivity contribution in [3.05, 3.63) is 68.5 Å². The average Bonchev–Trinajstić information content (AvgIpc) is 2.61. The first-order valence-electron chi connectivity index (χ1n) is 8.28. The number of nitrogens with one attached hydrogen (secondary N) is 2. The Morgan fingerprint density at radius 1 is 1.12 bits per heavy atom. The number of nitrogens with zero attached hydrogens (tertiary/aromatic N) is 1. The lowest BCUT2D eigenvalue weighted by atomic mass is 9.90. The zero-order valence-corrected chi connectivity index (χ0v) is 13.5. The van der Waals surface area contributed by atoms with Crippen molar-refractivity contribution in [2.24, 2.45) is 5.92 Å². The van der Waals surface area contributed by atoms with Gasteiger partial charge in [-0.2, -0.15) is 0 Å². The van der Waals surface area contributed by atoms with Gasteiger partial charge in [-0.25, -0.2) is 4.79 Å². The van der Waals surface area contributed by atoms with Gasteiger partial charge in [0.25, 0.3) is 11.5 Å². The minimum Gasteiger partial charge on any atom is -0.338 e. The van der Waals surface area contributed by atoms with Crippen molar-refractivity contribution in [2.45, 2.75) is 25.7 Å². The summed E-state index contributed by atoms with van der Waals surface area (Å²) in [5, 5.41) is 0. The lowest BCUT2D eigenvalue weighted by Gasteiger charge is -2.31. The molecule has 0 bridgehead atoms. The second kappa shape index (κ2) is 7.29. The van der Waals surface area contributed by atoms with E-state index in [-0.39, 0.29) is 11.5 Å². The highest BCUT2D eigenvalue weighted by Gasteiger charge is 2.25. The second-order valence-electron chi connectivity index (χ2n) is 6.25. The van der Waals surface area contributed by atoms with E-state index in [4.69, 9.17) is 0 Å². The van der Waals surface area contributed by atoms with Gasteiger partial charge >= 0.3 is 5.69 Å². The summed E-state index contributed by atoms with van der Waals surface area (Å²) in [6.07, 6.45) is 5.26. The lowest BCUT2D eigenvalue weighted by Crippen LogP contribution is -2.41. The highest BCUT2D eigenvalue weighted by molar-refractivity contribution is 5.93. The number of aromatic amines is 2. The van der Waals surface area contributed by atoms with Gasteiger partial charge in [0.2, 0.25) is 0 Å². The van der Waals surface area contributed by atoms with Gasteiger partial charge in [-0.3, -0.25) is 14.6 Å². The molecule has 2 aromatic rings. The number of amides is 1. The molecule has 2 N–H and O–H groups in total. The molecule has 6 nitrogen and oxygen atoms in total. The summed E-state index contributed by atoms with van der Waals surface area (Å²) in [6, 6.07) is 10.4. The number of likely N-dealkylation sites (tertiary alicyclic amines) is 1. The molecule has 2 heterocycles. The monoisotopic (exact) mass is 327 g/mol. The van der Waals surface area contributed by atoms with Crippen molar-refractivity contribution in [2.75, 3.05) is 13.1 Å². The van der Waals surface area contributed by atoms with Gasteiger partial charge in [-0.05, 0) is 37.2 Å². The molecule has 1 fully saturated rings. The van der Waals surface area contributed by atoms with Crippen molar-refractivity contribution >= 4 is 5.91 Å². The molecule has 1 aliphatic rings. The van der Waals surface area contributed by atoms with E-state index in [1.54, 1.807) is 4.90 Å². The molecule has 1 saturated heterocycles. The van der Waals surface area contributed by atoms with Crippen LogP contribution in [0.5, 0.6) is 0 Å². The third-order valence-electron chi connectivity index (χ3n) is 4.64. The van der Waals surface area contributed by atoms with Crippen LogP contribution in [0.25, 0.3) is 0 Å². The van der Waals surface area contributed by atoms with Gasteiger partial charge in [-0.1, -0.05) is 30.3 Å². The maximum atomic E-state index is 12.4. The molecule has 0 radical (unpaired) electrons. The average molecular weight is 327 g/mol. The summed E-state index contributed by atoms with van der Waals surface area (Å²) in [6.45, 7) is 1.30.